The highest BCUT2D eigenvalue weighted by atomic mass is 79.9. The van der Waals surface area contributed by atoms with Crippen LogP contribution < -0.4 is 0 Å². The third-order valence-electron chi connectivity index (χ3n) is 3.80. The van der Waals surface area contributed by atoms with Crippen molar-refractivity contribution in [2.75, 3.05) is 18.8 Å². The fraction of sp³-hybridized carbons (Fsp3) is 0.588. The minimum Gasteiger partial charge on any atom is -0.444 e. The molecule has 24 heavy (non-hydrogen) atoms. The van der Waals surface area contributed by atoms with Crippen LogP contribution in [0.15, 0.2) is 33.6 Å². The maximum absolute atomic E-state index is 12.6. The van der Waals surface area contributed by atoms with E-state index in [1.54, 1.807) is 29.2 Å². The number of carbonyl (C=O) groups excluding carboxylic acids is 1. The first-order chi connectivity index (χ1) is 11.1. The Morgan fingerprint density at radius 1 is 1.29 bits per heavy atom. The molecule has 0 aliphatic carbocycles. The largest absolute Gasteiger partial charge is 0.444 e. The van der Waals surface area contributed by atoms with E-state index in [0.29, 0.717) is 18.0 Å². The maximum atomic E-state index is 12.6. The van der Waals surface area contributed by atoms with Crippen LogP contribution in [0.3, 0.4) is 0 Å². The first-order valence-electron chi connectivity index (χ1n) is 8.03. The van der Waals surface area contributed by atoms with E-state index >= 15 is 0 Å². The monoisotopic (exact) mass is 417 g/mol. The molecule has 1 aromatic carbocycles. The summed E-state index contributed by atoms with van der Waals surface area (Å²) in [6, 6.07) is 6.66. The fourth-order valence-electron chi connectivity index (χ4n) is 2.74. The Morgan fingerprint density at radius 2 is 1.92 bits per heavy atom. The third-order valence-corrected chi connectivity index (χ3v) is 6.23. The number of sulfone groups is 1. The number of hydrogen-bond acceptors (Lipinski definition) is 4. The second-order valence-electron chi connectivity index (χ2n) is 7.17. The minimum atomic E-state index is -3.36. The van der Waals surface area contributed by atoms with Crippen molar-refractivity contribution >= 4 is 31.9 Å². The van der Waals surface area contributed by atoms with E-state index in [-0.39, 0.29) is 17.8 Å². The molecular weight excluding hydrogens is 394 g/mol. The number of hydrogen-bond donors (Lipinski definition) is 0. The molecule has 0 spiro atoms. The topological polar surface area (TPSA) is 63.7 Å². The van der Waals surface area contributed by atoms with Crippen LogP contribution in [0.1, 0.15) is 33.6 Å². The zero-order chi connectivity index (χ0) is 18.0. The molecule has 1 saturated heterocycles. The number of ether oxygens (including phenoxy) is 1. The molecule has 1 aliphatic heterocycles. The van der Waals surface area contributed by atoms with Crippen LogP contribution in [0.4, 0.5) is 4.79 Å². The van der Waals surface area contributed by atoms with E-state index in [2.05, 4.69) is 15.9 Å². The smallest absolute Gasteiger partial charge is 0.410 e. The van der Waals surface area contributed by atoms with Crippen molar-refractivity contribution in [1.29, 1.82) is 0 Å². The summed E-state index contributed by atoms with van der Waals surface area (Å²) in [6.45, 7) is 6.51. The van der Waals surface area contributed by atoms with E-state index in [1.165, 1.54) is 0 Å². The van der Waals surface area contributed by atoms with Gasteiger partial charge < -0.3 is 9.64 Å². The zero-order valence-electron chi connectivity index (χ0n) is 14.3. The quantitative estimate of drug-likeness (QED) is 0.748. The number of halogens is 1. The van der Waals surface area contributed by atoms with Gasteiger partial charge in [-0.15, -0.1) is 0 Å². The molecule has 1 unspecified atom stereocenters. The van der Waals surface area contributed by atoms with Crippen LogP contribution in [-0.4, -0.2) is 43.9 Å². The van der Waals surface area contributed by atoms with Gasteiger partial charge in [0.1, 0.15) is 5.60 Å². The molecule has 0 saturated carbocycles. The highest BCUT2D eigenvalue weighted by Crippen LogP contribution is 2.24. The molecule has 2 rings (SSSR count). The van der Waals surface area contributed by atoms with E-state index < -0.39 is 15.4 Å². The van der Waals surface area contributed by atoms with Gasteiger partial charge >= 0.3 is 6.09 Å². The first-order valence-corrected chi connectivity index (χ1v) is 10.5. The van der Waals surface area contributed by atoms with Crippen molar-refractivity contribution in [2.45, 2.75) is 44.1 Å². The lowest BCUT2D eigenvalue weighted by Crippen LogP contribution is -2.44. The number of rotatable bonds is 3. The van der Waals surface area contributed by atoms with Gasteiger partial charge in [-0.05, 0) is 63.8 Å². The number of carbonyl (C=O) groups is 1. The van der Waals surface area contributed by atoms with Gasteiger partial charge in [0, 0.05) is 17.6 Å². The molecule has 1 amide bonds. The predicted octanol–water partition coefficient (Wildman–Crippen LogP) is 3.87. The van der Waals surface area contributed by atoms with Gasteiger partial charge in [0.15, 0.2) is 9.84 Å². The summed E-state index contributed by atoms with van der Waals surface area (Å²) < 4.78 is 31.4. The number of benzene rings is 1. The van der Waals surface area contributed by atoms with Crippen molar-refractivity contribution in [3.05, 3.63) is 28.7 Å². The lowest BCUT2D eigenvalue weighted by molar-refractivity contribution is 0.0176. The number of nitrogens with zero attached hydrogens (tertiary/aromatic N) is 1. The molecule has 1 aromatic rings. The predicted molar refractivity (Wildman–Crippen MR) is 96.7 cm³/mol. The highest BCUT2D eigenvalue weighted by molar-refractivity contribution is 9.10. The summed E-state index contributed by atoms with van der Waals surface area (Å²) in [6.07, 6.45) is 1.22. The van der Waals surface area contributed by atoms with E-state index in [0.717, 1.165) is 17.3 Å². The summed E-state index contributed by atoms with van der Waals surface area (Å²) in [5.74, 6) is -0.0200. The Bertz CT molecular complexity index is 680. The van der Waals surface area contributed by atoms with E-state index in [4.69, 9.17) is 4.74 Å². The fourth-order valence-corrected chi connectivity index (χ4v) is 4.64. The average Bonchev–Trinajstić information content (AvgIpc) is 2.45. The van der Waals surface area contributed by atoms with Crippen LogP contribution in [0, 0.1) is 5.92 Å². The summed E-state index contributed by atoms with van der Waals surface area (Å²) >= 11 is 3.31. The Morgan fingerprint density at radius 3 is 2.50 bits per heavy atom. The van der Waals surface area contributed by atoms with Crippen LogP contribution in [0.5, 0.6) is 0 Å². The zero-order valence-corrected chi connectivity index (χ0v) is 16.7. The third kappa shape index (κ3) is 5.48. The Labute approximate surface area is 152 Å². The first kappa shape index (κ1) is 19.2. The number of amides is 1. The summed E-state index contributed by atoms with van der Waals surface area (Å²) in [5, 5.41) is 0. The molecule has 0 bridgehead atoms. The van der Waals surface area contributed by atoms with Crippen molar-refractivity contribution in [3.8, 4) is 0 Å². The molecule has 7 heteroatoms. The lowest BCUT2D eigenvalue weighted by Gasteiger charge is -2.34. The molecule has 0 aromatic heterocycles. The Balaban J connectivity index is 2.02. The summed E-state index contributed by atoms with van der Waals surface area (Å²) in [5.41, 5.74) is -0.548. The van der Waals surface area contributed by atoms with Gasteiger partial charge in [-0.1, -0.05) is 15.9 Å². The second kappa shape index (κ2) is 7.44. The molecule has 0 radical (unpaired) electrons. The normalized spacial score (nSPS) is 19.2. The molecule has 1 atom stereocenters. The molecule has 1 fully saturated rings. The van der Waals surface area contributed by atoms with Crippen LogP contribution in [0.25, 0.3) is 0 Å². The molecular formula is C17H24BrNO4S. The maximum Gasteiger partial charge on any atom is 0.410 e. The van der Waals surface area contributed by atoms with Crippen LogP contribution in [-0.2, 0) is 14.6 Å². The van der Waals surface area contributed by atoms with Gasteiger partial charge in [-0.3, -0.25) is 0 Å². The molecule has 1 heterocycles. The van der Waals surface area contributed by atoms with Gasteiger partial charge in [0.05, 0.1) is 10.6 Å². The van der Waals surface area contributed by atoms with Crippen molar-refractivity contribution in [2.24, 2.45) is 5.92 Å². The summed E-state index contributed by atoms with van der Waals surface area (Å²) in [4.78, 5) is 14.1. The van der Waals surface area contributed by atoms with Gasteiger partial charge in [0.2, 0.25) is 0 Å². The van der Waals surface area contributed by atoms with Crippen molar-refractivity contribution in [3.63, 3.8) is 0 Å². The minimum absolute atomic E-state index is 0.0495. The molecule has 1 aliphatic rings. The van der Waals surface area contributed by atoms with Gasteiger partial charge in [-0.25, -0.2) is 13.2 Å². The Hall–Kier alpha value is -1.08. The SMILES string of the molecule is CC(C)(C)OC(=O)N1CCCC(CS(=O)(=O)c2ccc(Br)cc2)C1. The highest BCUT2D eigenvalue weighted by Gasteiger charge is 2.30. The van der Waals surface area contributed by atoms with Crippen molar-refractivity contribution in [1.82, 2.24) is 4.90 Å². The number of piperidine rings is 1. The van der Waals surface area contributed by atoms with Crippen molar-refractivity contribution < 1.29 is 17.9 Å². The van der Waals surface area contributed by atoms with Gasteiger partial charge in [0.25, 0.3) is 0 Å². The Kier molecular flexibility index (Phi) is 5.96. The van der Waals surface area contributed by atoms with Crippen LogP contribution in [0.2, 0.25) is 0 Å². The van der Waals surface area contributed by atoms with Crippen LogP contribution >= 0.6 is 15.9 Å². The lowest BCUT2D eigenvalue weighted by atomic mass is 10.0. The van der Waals surface area contributed by atoms with E-state index in [1.807, 2.05) is 20.8 Å². The van der Waals surface area contributed by atoms with Gasteiger partial charge in [-0.2, -0.15) is 0 Å². The average molecular weight is 418 g/mol. The molecule has 5 nitrogen and oxygen atoms in total. The molecule has 0 N–H and O–H groups in total. The molecule has 134 valence electrons. The summed E-state index contributed by atoms with van der Waals surface area (Å²) in [7, 11) is -3.36. The second-order valence-corrected chi connectivity index (χ2v) is 10.1. The standard InChI is InChI=1S/C17H24BrNO4S/c1-17(2,3)23-16(20)19-10-4-5-13(11-19)12-24(21,22)15-8-6-14(18)7-9-15/h6-9,13H,4-5,10-12H2,1-3H3. The number of likely N-dealkylation sites (tertiary alicyclic amines) is 1. The van der Waals surface area contributed by atoms with E-state index in [9.17, 15) is 13.2 Å².